The summed E-state index contributed by atoms with van der Waals surface area (Å²) in [4.78, 5) is 15.3. The SMILES string of the molecule is CC1(C)OB(c2ccncc2C(N)=O)OC1(C)C. The Bertz CT molecular complexity index is 472. The van der Waals surface area contributed by atoms with Crippen LogP contribution in [0.3, 0.4) is 0 Å². The fraction of sp³-hybridized carbons (Fsp3) is 0.500. The molecule has 1 aliphatic heterocycles. The van der Waals surface area contributed by atoms with Gasteiger partial charge in [0.15, 0.2) is 0 Å². The van der Waals surface area contributed by atoms with Crippen LogP contribution in [-0.2, 0) is 9.31 Å². The molecule has 2 N–H and O–H groups in total. The number of hydrogen-bond acceptors (Lipinski definition) is 4. The van der Waals surface area contributed by atoms with E-state index in [1.807, 2.05) is 27.7 Å². The summed E-state index contributed by atoms with van der Waals surface area (Å²) in [6.45, 7) is 7.83. The summed E-state index contributed by atoms with van der Waals surface area (Å²) < 4.78 is 11.8. The summed E-state index contributed by atoms with van der Waals surface area (Å²) in [6.07, 6.45) is 3.02. The van der Waals surface area contributed by atoms with E-state index in [1.54, 1.807) is 12.3 Å². The van der Waals surface area contributed by atoms with Crippen molar-refractivity contribution in [1.82, 2.24) is 4.98 Å². The Balaban J connectivity index is 2.38. The second-order valence-corrected chi connectivity index (χ2v) is 5.42. The molecule has 0 saturated carbocycles. The van der Waals surface area contributed by atoms with Gasteiger partial charge in [-0.15, -0.1) is 0 Å². The predicted molar refractivity (Wildman–Crippen MR) is 68.5 cm³/mol. The molecule has 96 valence electrons. The average molecular weight is 248 g/mol. The minimum Gasteiger partial charge on any atom is -0.399 e. The summed E-state index contributed by atoms with van der Waals surface area (Å²) in [6, 6.07) is 1.70. The van der Waals surface area contributed by atoms with Crippen molar-refractivity contribution in [1.29, 1.82) is 0 Å². The molecular weight excluding hydrogens is 231 g/mol. The quantitative estimate of drug-likeness (QED) is 0.772. The van der Waals surface area contributed by atoms with E-state index in [9.17, 15) is 4.79 Å². The van der Waals surface area contributed by atoms with Crippen molar-refractivity contribution in [2.75, 3.05) is 0 Å². The van der Waals surface area contributed by atoms with Gasteiger partial charge in [0.05, 0.1) is 16.8 Å². The Morgan fingerprint density at radius 3 is 2.33 bits per heavy atom. The highest BCUT2D eigenvalue weighted by Gasteiger charge is 2.52. The molecule has 0 bridgehead atoms. The van der Waals surface area contributed by atoms with Crippen LogP contribution in [0.1, 0.15) is 38.1 Å². The molecule has 0 aliphatic carbocycles. The van der Waals surface area contributed by atoms with E-state index in [1.165, 1.54) is 6.20 Å². The zero-order valence-electron chi connectivity index (χ0n) is 11.1. The maximum atomic E-state index is 11.4. The normalized spacial score (nSPS) is 21.0. The van der Waals surface area contributed by atoms with E-state index in [2.05, 4.69) is 4.98 Å². The van der Waals surface area contributed by atoms with Crippen LogP contribution < -0.4 is 11.2 Å². The van der Waals surface area contributed by atoms with Gasteiger partial charge in [0, 0.05) is 12.4 Å². The van der Waals surface area contributed by atoms with Crippen molar-refractivity contribution in [2.24, 2.45) is 5.73 Å². The van der Waals surface area contributed by atoms with E-state index in [0.717, 1.165) is 0 Å². The molecule has 1 aromatic heterocycles. The smallest absolute Gasteiger partial charge is 0.399 e. The van der Waals surface area contributed by atoms with Crippen molar-refractivity contribution < 1.29 is 14.1 Å². The van der Waals surface area contributed by atoms with Crippen LogP contribution in [0.15, 0.2) is 18.5 Å². The Morgan fingerprint density at radius 2 is 1.83 bits per heavy atom. The number of nitrogens with two attached hydrogens (primary N) is 1. The number of amides is 1. The number of carbonyl (C=O) groups is 1. The summed E-state index contributed by atoms with van der Waals surface area (Å²) in [7, 11) is -0.597. The van der Waals surface area contributed by atoms with E-state index < -0.39 is 24.2 Å². The molecule has 0 radical (unpaired) electrons. The van der Waals surface area contributed by atoms with Crippen molar-refractivity contribution >= 4 is 18.5 Å². The molecule has 2 rings (SSSR count). The number of hydrogen-bond donors (Lipinski definition) is 1. The summed E-state index contributed by atoms with van der Waals surface area (Å²) in [5.74, 6) is -0.534. The molecule has 0 atom stereocenters. The zero-order chi connectivity index (χ0) is 13.6. The van der Waals surface area contributed by atoms with Gasteiger partial charge in [-0.05, 0) is 39.2 Å². The van der Waals surface area contributed by atoms with Gasteiger partial charge in [-0.2, -0.15) is 0 Å². The highest BCUT2D eigenvalue weighted by atomic mass is 16.7. The number of primary amides is 1. The van der Waals surface area contributed by atoms with Gasteiger partial charge in [0.1, 0.15) is 0 Å². The topological polar surface area (TPSA) is 74.4 Å². The van der Waals surface area contributed by atoms with E-state index >= 15 is 0 Å². The number of nitrogens with zero attached hydrogens (tertiary/aromatic N) is 1. The summed E-state index contributed by atoms with van der Waals surface area (Å²) in [5.41, 5.74) is 5.38. The third kappa shape index (κ3) is 2.02. The lowest BCUT2D eigenvalue weighted by molar-refractivity contribution is 0.00578. The maximum Gasteiger partial charge on any atom is 0.495 e. The minimum atomic E-state index is -0.597. The van der Waals surface area contributed by atoms with Crippen LogP contribution in [0.25, 0.3) is 0 Å². The highest BCUT2D eigenvalue weighted by molar-refractivity contribution is 6.63. The first-order chi connectivity index (χ1) is 8.24. The fourth-order valence-electron chi connectivity index (χ4n) is 1.79. The van der Waals surface area contributed by atoms with Crippen LogP contribution in [-0.4, -0.2) is 29.2 Å². The van der Waals surface area contributed by atoms with Gasteiger partial charge < -0.3 is 15.0 Å². The number of pyridine rings is 1. The molecule has 1 aromatic rings. The molecule has 2 heterocycles. The van der Waals surface area contributed by atoms with Gasteiger partial charge in [-0.1, -0.05) is 0 Å². The highest BCUT2D eigenvalue weighted by Crippen LogP contribution is 2.36. The number of carbonyl (C=O) groups excluding carboxylic acids is 1. The number of rotatable bonds is 2. The van der Waals surface area contributed by atoms with E-state index in [0.29, 0.717) is 11.0 Å². The lowest BCUT2D eigenvalue weighted by atomic mass is 9.76. The van der Waals surface area contributed by atoms with Crippen LogP contribution >= 0.6 is 0 Å². The molecule has 0 aromatic carbocycles. The van der Waals surface area contributed by atoms with E-state index in [4.69, 9.17) is 15.0 Å². The molecule has 6 heteroatoms. The van der Waals surface area contributed by atoms with Gasteiger partial charge in [0.25, 0.3) is 0 Å². The van der Waals surface area contributed by atoms with Gasteiger partial charge in [0.2, 0.25) is 5.91 Å². The first kappa shape index (κ1) is 13.0. The Morgan fingerprint density at radius 1 is 1.28 bits per heavy atom. The fourth-order valence-corrected chi connectivity index (χ4v) is 1.79. The Labute approximate surface area is 107 Å². The van der Waals surface area contributed by atoms with E-state index in [-0.39, 0.29) is 0 Å². The first-order valence-corrected chi connectivity index (χ1v) is 5.84. The molecule has 0 unspecified atom stereocenters. The van der Waals surface area contributed by atoms with Crippen molar-refractivity contribution in [3.05, 3.63) is 24.0 Å². The second kappa shape index (κ2) is 4.07. The maximum absolute atomic E-state index is 11.4. The Kier molecular flexibility index (Phi) is 2.95. The largest absolute Gasteiger partial charge is 0.495 e. The molecule has 1 saturated heterocycles. The first-order valence-electron chi connectivity index (χ1n) is 5.84. The molecule has 1 aliphatic rings. The van der Waals surface area contributed by atoms with Crippen molar-refractivity contribution in [3.63, 3.8) is 0 Å². The van der Waals surface area contributed by atoms with Crippen LogP contribution in [0.2, 0.25) is 0 Å². The minimum absolute atomic E-state index is 0.330. The Hall–Kier alpha value is -1.40. The second-order valence-electron chi connectivity index (χ2n) is 5.42. The molecule has 18 heavy (non-hydrogen) atoms. The standard InChI is InChI=1S/C12H17BN2O3/c1-11(2)12(3,4)18-13(17-11)9-5-6-15-7-8(9)10(14)16/h5-7H,1-4H3,(H2,14,16). The van der Waals surface area contributed by atoms with Gasteiger partial charge >= 0.3 is 7.12 Å². The van der Waals surface area contributed by atoms with Crippen LogP contribution in [0.4, 0.5) is 0 Å². The summed E-state index contributed by atoms with van der Waals surface area (Å²) in [5, 5.41) is 0. The molecule has 1 amide bonds. The summed E-state index contributed by atoms with van der Waals surface area (Å²) >= 11 is 0. The van der Waals surface area contributed by atoms with Crippen molar-refractivity contribution in [3.8, 4) is 0 Å². The lowest BCUT2D eigenvalue weighted by Gasteiger charge is -2.32. The zero-order valence-corrected chi connectivity index (χ0v) is 11.1. The average Bonchev–Trinajstić information content (AvgIpc) is 2.48. The van der Waals surface area contributed by atoms with Crippen molar-refractivity contribution in [2.45, 2.75) is 38.9 Å². The lowest BCUT2D eigenvalue weighted by Crippen LogP contribution is -2.41. The predicted octanol–water partition coefficient (Wildman–Crippen LogP) is 0.480. The molecule has 5 nitrogen and oxygen atoms in total. The van der Waals surface area contributed by atoms with Crippen LogP contribution in [0.5, 0.6) is 0 Å². The molecule has 1 fully saturated rings. The monoisotopic (exact) mass is 248 g/mol. The third-order valence-corrected chi connectivity index (χ3v) is 3.63. The van der Waals surface area contributed by atoms with Crippen LogP contribution in [0, 0.1) is 0 Å². The third-order valence-electron chi connectivity index (χ3n) is 3.63. The van der Waals surface area contributed by atoms with Gasteiger partial charge in [-0.25, -0.2) is 0 Å². The van der Waals surface area contributed by atoms with Gasteiger partial charge in [-0.3, -0.25) is 9.78 Å². The molecule has 0 spiro atoms. The number of aromatic nitrogens is 1. The molecular formula is C12H17BN2O3.